The van der Waals surface area contributed by atoms with E-state index in [0.717, 1.165) is 6.07 Å². The summed E-state index contributed by atoms with van der Waals surface area (Å²) in [5.74, 6) is -0.981. The van der Waals surface area contributed by atoms with Crippen LogP contribution in [0.15, 0.2) is 12.1 Å². The van der Waals surface area contributed by atoms with Crippen molar-refractivity contribution in [2.75, 3.05) is 6.61 Å². The minimum Gasteiger partial charge on any atom is -0.466 e. The molecule has 0 aliphatic rings. The molecule has 0 spiro atoms. The Morgan fingerprint density at radius 3 is 2.72 bits per heavy atom. The van der Waals surface area contributed by atoms with Gasteiger partial charge in [0, 0.05) is 12.5 Å². The number of benzene rings is 1. The number of nitro benzene ring substituents is 1. The number of nitro groups is 1. The largest absolute Gasteiger partial charge is 0.466 e. The molecule has 0 unspecified atom stereocenters. The maximum atomic E-state index is 13.2. The minimum absolute atomic E-state index is 0.197. The fraction of sp³-hybridized carbons (Fsp3) is 0.417. The lowest BCUT2D eigenvalue weighted by Crippen LogP contribution is -2.04. The Morgan fingerprint density at radius 1 is 1.50 bits per heavy atom. The molecule has 0 N–H and O–H groups in total. The summed E-state index contributed by atoms with van der Waals surface area (Å²) in [5.41, 5.74) is 0.579. The number of rotatable bonds is 5. The Hall–Kier alpha value is -1.98. The van der Waals surface area contributed by atoms with Gasteiger partial charge in [-0.25, -0.2) is 4.39 Å². The van der Waals surface area contributed by atoms with Gasteiger partial charge in [-0.05, 0) is 31.4 Å². The topological polar surface area (TPSA) is 69.4 Å². The van der Waals surface area contributed by atoms with Crippen LogP contribution < -0.4 is 0 Å². The third-order valence-corrected chi connectivity index (χ3v) is 2.45. The second-order valence-corrected chi connectivity index (χ2v) is 3.93. The first-order valence-corrected chi connectivity index (χ1v) is 5.48. The van der Waals surface area contributed by atoms with E-state index in [1.54, 1.807) is 6.92 Å². The summed E-state index contributed by atoms with van der Waals surface area (Å²) in [6.45, 7) is 3.04. The summed E-state index contributed by atoms with van der Waals surface area (Å²) in [6, 6.07) is 2.39. The fourth-order valence-electron chi connectivity index (χ4n) is 1.58. The zero-order valence-corrected chi connectivity index (χ0v) is 10.2. The summed E-state index contributed by atoms with van der Waals surface area (Å²) in [5, 5.41) is 10.8. The Kier molecular flexibility index (Phi) is 4.76. The molecule has 1 aromatic carbocycles. The molecule has 0 radical (unpaired) electrons. The van der Waals surface area contributed by atoms with Crippen LogP contribution in [-0.4, -0.2) is 17.5 Å². The molecule has 0 aliphatic carbocycles. The van der Waals surface area contributed by atoms with E-state index in [-0.39, 0.29) is 18.3 Å². The van der Waals surface area contributed by atoms with Crippen LogP contribution in [0.25, 0.3) is 0 Å². The van der Waals surface area contributed by atoms with E-state index < -0.39 is 10.7 Å². The van der Waals surface area contributed by atoms with Crippen LogP contribution in [-0.2, 0) is 16.0 Å². The Balaban J connectivity index is 2.77. The van der Waals surface area contributed by atoms with Crippen LogP contribution in [0, 0.1) is 22.9 Å². The van der Waals surface area contributed by atoms with Crippen molar-refractivity contribution in [3.8, 4) is 0 Å². The Bertz CT molecular complexity index is 473. The lowest BCUT2D eigenvalue weighted by atomic mass is 10.0. The van der Waals surface area contributed by atoms with Crippen LogP contribution in [0.3, 0.4) is 0 Å². The van der Waals surface area contributed by atoms with Crippen molar-refractivity contribution >= 4 is 11.7 Å². The molecule has 98 valence electrons. The fourth-order valence-corrected chi connectivity index (χ4v) is 1.58. The van der Waals surface area contributed by atoms with E-state index in [1.165, 1.54) is 13.0 Å². The average Bonchev–Trinajstić information content (AvgIpc) is 2.28. The third-order valence-electron chi connectivity index (χ3n) is 2.45. The highest BCUT2D eigenvalue weighted by Crippen LogP contribution is 2.23. The van der Waals surface area contributed by atoms with E-state index in [0.29, 0.717) is 24.0 Å². The standard InChI is InChI=1S/C12H14FNO4/c1-8-6-10(4-3-5-18-9(2)15)12(14(16)17)7-11(8)13/h6-7H,3-5H2,1-2H3. The lowest BCUT2D eigenvalue weighted by Gasteiger charge is -2.05. The van der Waals surface area contributed by atoms with Gasteiger partial charge in [0.05, 0.1) is 17.6 Å². The first kappa shape index (κ1) is 14.1. The number of esters is 1. The molecule has 0 atom stereocenters. The number of carbonyl (C=O) groups excluding carboxylic acids is 1. The quantitative estimate of drug-likeness (QED) is 0.351. The molecule has 1 rings (SSSR count). The molecule has 0 bridgehead atoms. The molecule has 0 aromatic heterocycles. The van der Waals surface area contributed by atoms with Gasteiger partial charge in [0.25, 0.3) is 5.69 Å². The summed E-state index contributed by atoms with van der Waals surface area (Å²) in [6.07, 6.45) is 0.830. The number of hydrogen-bond donors (Lipinski definition) is 0. The van der Waals surface area contributed by atoms with Crippen molar-refractivity contribution in [1.82, 2.24) is 0 Å². The van der Waals surface area contributed by atoms with Gasteiger partial charge in [0.15, 0.2) is 0 Å². The summed E-state index contributed by atoms with van der Waals surface area (Å²) in [7, 11) is 0. The van der Waals surface area contributed by atoms with E-state index in [1.807, 2.05) is 0 Å². The van der Waals surface area contributed by atoms with Crippen molar-refractivity contribution in [3.05, 3.63) is 39.2 Å². The van der Waals surface area contributed by atoms with Gasteiger partial charge < -0.3 is 4.74 Å². The highest BCUT2D eigenvalue weighted by Gasteiger charge is 2.16. The minimum atomic E-state index is -0.607. The van der Waals surface area contributed by atoms with Crippen LogP contribution in [0.5, 0.6) is 0 Å². The highest BCUT2D eigenvalue weighted by atomic mass is 19.1. The molecule has 0 heterocycles. The molecule has 1 aromatic rings. The Morgan fingerprint density at radius 2 is 2.17 bits per heavy atom. The van der Waals surface area contributed by atoms with Crippen molar-refractivity contribution in [1.29, 1.82) is 0 Å². The number of hydrogen-bond acceptors (Lipinski definition) is 4. The maximum Gasteiger partial charge on any atom is 0.302 e. The van der Waals surface area contributed by atoms with Crippen molar-refractivity contribution in [2.45, 2.75) is 26.7 Å². The first-order chi connectivity index (χ1) is 8.41. The van der Waals surface area contributed by atoms with Gasteiger partial charge in [-0.15, -0.1) is 0 Å². The lowest BCUT2D eigenvalue weighted by molar-refractivity contribution is -0.385. The van der Waals surface area contributed by atoms with Crippen LogP contribution >= 0.6 is 0 Å². The van der Waals surface area contributed by atoms with Gasteiger partial charge in [0.1, 0.15) is 5.82 Å². The van der Waals surface area contributed by atoms with Crippen molar-refractivity contribution in [3.63, 3.8) is 0 Å². The molecular formula is C12H14FNO4. The number of halogens is 1. The number of ether oxygens (including phenoxy) is 1. The molecular weight excluding hydrogens is 241 g/mol. The van der Waals surface area contributed by atoms with E-state index in [2.05, 4.69) is 0 Å². The number of carbonyl (C=O) groups is 1. The SMILES string of the molecule is CC(=O)OCCCc1cc(C)c(F)cc1[N+](=O)[O-]. The zero-order valence-electron chi connectivity index (χ0n) is 10.2. The number of nitrogens with zero attached hydrogens (tertiary/aromatic N) is 1. The summed E-state index contributed by atoms with van der Waals surface area (Å²) >= 11 is 0. The molecule has 0 amide bonds. The van der Waals surface area contributed by atoms with Crippen LogP contribution in [0.1, 0.15) is 24.5 Å². The summed E-state index contributed by atoms with van der Waals surface area (Å²) < 4.78 is 18.0. The summed E-state index contributed by atoms with van der Waals surface area (Å²) in [4.78, 5) is 20.7. The van der Waals surface area contributed by atoms with Crippen LogP contribution in [0.4, 0.5) is 10.1 Å². The normalized spacial score (nSPS) is 10.2. The molecule has 5 nitrogen and oxygen atoms in total. The Labute approximate surface area is 104 Å². The monoisotopic (exact) mass is 255 g/mol. The van der Waals surface area contributed by atoms with E-state index >= 15 is 0 Å². The number of aryl methyl sites for hydroxylation is 2. The van der Waals surface area contributed by atoms with Gasteiger partial charge in [-0.3, -0.25) is 14.9 Å². The van der Waals surface area contributed by atoms with Gasteiger partial charge in [0.2, 0.25) is 0 Å². The molecule has 0 fully saturated rings. The zero-order chi connectivity index (χ0) is 13.7. The van der Waals surface area contributed by atoms with Gasteiger partial charge in [-0.2, -0.15) is 0 Å². The van der Waals surface area contributed by atoms with Crippen LogP contribution in [0.2, 0.25) is 0 Å². The molecule has 0 saturated heterocycles. The molecule has 18 heavy (non-hydrogen) atoms. The predicted octanol–water partition coefficient (Wildman–Crippen LogP) is 2.54. The second kappa shape index (κ2) is 6.09. The molecule has 6 heteroatoms. The smallest absolute Gasteiger partial charge is 0.302 e. The van der Waals surface area contributed by atoms with E-state index in [4.69, 9.17) is 4.74 Å². The van der Waals surface area contributed by atoms with Gasteiger partial charge >= 0.3 is 5.97 Å². The first-order valence-electron chi connectivity index (χ1n) is 5.48. The van der Waals surface area contributed by atoms with Crippen molar-refractivity contribution in [2.24, 2.45) is 0 Å². The maximum absolute atomic E-state index is 13.2. The van der Waals surface area contributed by atoms with Crippen molar-refractivity contribution < 1.29 is 18.8 Å². The average molecular weight is 255 g/mol. The second-order valence-electron chi connectivity index (χ2n) is 3.93. The molecule has 0 aliphatic heterocycles. The van der Waals surface area contributed by atoms with Gasteiger partial charge in [-0.1, -0.05) is 0 Å². The highest BCUT2D eigenvalue weighted by molar-refractivity contribution is 5.65. The third kappa shape index (κ3) is 3.80. The predicted molar refractivity (Wildman–Crippen MR) is 62.7 cm³/mol. The van der Waals surface area contributed by atoms with E-state index in [9.17, 15) is 19.3 Å². The molecule has 0 saturated carbocycles.